The summed E-state index contributed by atoms with van der Waals surface area (Å²) >= 11 is 0. The molecule has 0 amide bonds. The molecule has 0 aliphatic carbocycles. The van der Waals surface area contributed by atoms with Gasteiger partial charge in [0.1, 0.15) is 11.6 Å². The lowest BCUT2D eigenvalue weighted by atomic mass is 10.0. The standard InChI is InChI=1S/C15H22N4O/c1-10(2)11-5-6-12(13(9-11)20-4)15-17-14(7-8-16)19(3)18-15/h5-6,9-10H,7-8,16H2,1-4H3. The maximum absolute atomic E-state index is 5.58. The van der Waals surface area contributed by atoms with Crippen LogP contribution in [0.1, 0.15) is 31.2 Å². The molecule has 0 aliphatic rings. The Bertz CT molecular complexity index is 590. The molecule has 0 radical (unpaired) electrons. The lowest BCUT2D eigenvalue weighted by Crippen LogP contribution is -2.08. The van der Waals surface area contributed by atoms with Crippen LogP contribution < -0.4 is 10.5 Å². The Balaban J connectivity index is 2.44. The number of ether oxygens (including phenoxy) is 1. The Kier molecular flexibility index (Phi) is 4.39. The molecule has 0 spiro atoms. The second-order valence-corrected chi connectivity index (χ2v) is 5.13. The fraction of sp³-hybridized carbons (Fsp3) is 0.467. The molecule has 1 aromatic carbocycles. The number of rotatable bonds is 5. The quantitative estimate of drug-likeness (QED) is 0.907. The molecule has 0 unspecified atom stereocenters. The molecule has 20 heavy (non-hydrogen) atoms. The monoisotopic (exact) mass is 274 g/mol. The highest BCUT2D eigenvalue weighted by atomic mass is 16.5. The normalized spacial score (nSPS) is 11.1. The number of nitrogens with two attached hydrogens (primary N) is 1. The first kappa shape index (κ1) is 14.5. The Morgan fingerprint density at radius 2 is 2.10 bits per heavy atom. The number of benzene rings is 1. The topological polar surface area (TPSA) is 66.0 Å². The lowest BCUT2D eigenvalue weighted by molar-refractivity contribution is 0.415. The molecule has 5 nitrogen and oxygen atoms in total. The third kappa shape index (κ3) is 2.82. The predicted octanol–water partition coefficient (Wildman–Crippen LogP) is 2.12. The fourth-order valence-corrected chi connectivity index (χ4v) is 2.13. The van der Waals surface area contributed by atoms with E-state index < -0.39 is 0 Å². The molecule has 0 saturated carbocycles. The van der Waals surface area contributed by atoms with E-state index in [1.54, 1.807) is 11.8 Å². The van der Waals surface area contributed by atoms with Gasteiger partial charge in [-0.25, -0.2) is 4.98 Å². The lowest BCUT2D eigenvalue weighted by Gasteiger charge is -2.10. The molecule has 5 heteroatoms. The van der Waals surface area contributed by atoms with Crippen molar-refractivity contribution in [1.29, 1.82) is 0 Å². The predicted molar refractivity (Wildman–Crippen MR) is 79.8 cm³/mol. The zero-order chi connectivity index (χ0) is 14.7. The molecule has 0 fully saturated rings. The molecule has 108 valence electrons. The van der Waals surface area contributed by atoms with Gasteiger partial charge < -0.3 is 10.5 Å². The van der Waals surface area contributed by atoms with Gasteiger partial charge in [0.2, 0.25) is 0 Å². The summed E-state index contributed by atoms with van der Waals surface area (Å²) in [6, 6.07) is 6.18. The first-order valence-electron chi connectivity index (χ1n) is 6.85. The van der Waals surface area contributed by atoms with Crippen molar-refractivity contribution in [1.82, 2.24) is 14.8 Å². The zero-order valence-corrected chi connectivity index (χ0v) is 12.6. The van der Waals surface area contributed by atoms with Gasteiger partial charge in [0.25, 0.3) is 0 Å². The average molecular weight is 274 g/mol. The fourth-order valence-electron chi connectivity index (χ4n) is 2.13. The van der Waals surface area contributed by atoms with E-state index >= 15 is 0 Å². The van der Waals surface area contributed by atoms with E-state index in [4.69, 9.17) is 10.5 Å². The van der Waals surface area contributed by atoms with Crippen LogP contribution in [0.4, 0.5) is 0 Å². The van der Waals surface area contributed by atoms with Crippen molar-refractivity contribution < 1.29 is 4.74 Å². The molecular weight excluding hydrogens is 252 g/mol. The summed E-state index contributed by atoms with van der Waals surface area (Å²) in [6.45, 7) is 4.88. The summed E-state index contributed by atoms with van der Waals surface area (Å²) in [5.74, 6) is 2.84. The molecule has 2 aromatic rings. The molecule has 2 rings (SSSR count). The minimum absolute atomic E-state index is 0.461. The van der Waals surface area contributed by atoms with Crippen LogP contribution in [0.3, 0.4) is 0 Å². The van der Waals surface area contributed by atoms with E-state index in [1.165, 1.54) is 5.56 Å². The summed E-state index contributed by atoms with van der Waals surface area (Å²) in [4.78, 5) is 4.54. The summed E-state index contributed by atoms with van der Waals surface area (Å²) in [5, 5.41) is 4.45. The van der Waals surface area contributed by atoms with E-state index in [0.29, 0.717) is 18.3 Å². The minimum Gasteiger partial charge on any atom is -0.496 e. The average Bonchev–Trinajstić information content (AvgIpc) is 2.79. The molecule has 1 heterocycles. The SMILES string of the molecule is COc1cc(C(C)C)ccc1-c1nc(CCN)n(C)n1. The number of methoxy groups -OCH3 is 1. The second kappa shape index (κ2) is 6.05. The van der Waals surface area contributed by atoms with Crippen LogP contribution in [-0.4, -0.2) is 28.4 Å². The largest absolute Gasteiger partial charge is 0.496 e. The van der Waals surface area contributed by atoms with Crippen molar-refractivity contribution >= 4 is 0 Å². The van der Waals surface area contributed by atoms with Crippen molar-refractivity contribution in [3.8, 4) is 17.1 Å². The Labute approximate surface area is 119 Å². The van der Waals surface area contributed by atoms with Crippen molar-refractivity contribution in [3.05, 3.63) is 29.6 Å². The molecular formula is C15H22N4O. The van der Waals surface area contributed by atoms with Gasteiger partial charge in [-0.1, -0.05) is 19.9 Å². The van der Waals surface area contributed by atoms with Crippen LogP contribution in [0, 0.1) is 0 Å². The third-order valence-corrected chi connectivity index (χ3v) is 3.35. The van der Waals surface area contributed by atoms with E-state index in [2.05, 4.69) is 36.1 Å². The van der Waals surface area contributed by atoms with Gasteiger partial charge in [-0.15, -0.1) is 0 Å². The number of aryl methyl sites for hydroxylation is 1. The minimum atomic E-state index is 0.461. The Morgan fingerprint density at radius 1 is 1.35 bits per heavy atom. The number of hydrogen-bond acceptors (Lipinski definition) is 4. The van der Waals surface area contributed by atoms with Gasteiger partial charge in [-0.3, -0.25) is 4.68 Å². The van der Waals surface area contributed by atoms with Crippen LogP contribution in [0.15, 0.2) is 18.2 Å². The van der Waals surface area contributed by atoms with Crippen molar-refractivity contribution in [3.63, 3.8) is 0 Å². The van der Waals surface area contributed by atoms with Gasteiger partial charge in [0.15, 0.2) is 5.82 Å². The zero-order valence-electron chi connectivity index (χ0n) is 12.6. The molecule has 1 aromatic heterocycles. The van der Waals surface area contributed by atoms with Crippen molar-refractivity contribution in [2.24, 2.45) is 12.8 Å². The molecule has 0 aliphatic heterocycles. The smallest absolute Gasteiger partial charge is 0.185 e. The summed E-state index contributed by atoms with van der Waals surface area (Å²) < 4.78 is 7.26. The Hall–Kier alpha value is -1.88. The molecule has 0 saturated heterocycles. The van der Waals surface area contributed by atoms with E-state index in [-0.39, 0.29) is 0 Å². The van der Waals surface area contributed by atoms with Crippen molar-refractivity contribution in [2.45, 2.75) is 26.2 Å². The van der Waals surface area contributed by atoms with Crippen LogP contribution in [0.5, 0.6) is 5.75 Å². The molecule has 0 bridgehead atoms. The van der Waals surface area contributed by atoms with Gasteiger partial charge >= 0.3 is 0 Å². The highest BCUT2D eigenvalue weighted by Crippen LogP contribution is 2.31. The summed E-state index contributed by atoms with van der Waals surface area (Å²) in [6.07, 6.45) is 0.718. The highest BCUT2D eigenvalue weighted by Gasteiger charge is 2.14. The number of aromatic nitrogens is 3. The maximum atomic E-state index is 5.58. The second-order valence-electron chi connectivity index (χ2n) is 5.13. The molecule has 0 atom stereocenters. The molecule has 2 N–H and O–H groups in total. The summed E-state index contributed by atoms with van der Waals surface area (Å²) in [7, 11) is 3.56. The number of hydrogen-bond donors (Lipinski definition) is 1. The van der Waals surface area contributed by atoms with E-state index in [9.17, 15) is 0 Å². The third-order valence-electron chi connectivity index (χ3n) is 3.35. The Morgan fingerprint density at radius 3 is 2.70 bits per heavy atom. The van der Waals surface area contributed by atoms with Crippen LogP contribution in [0.25, 0.3) is 11.4 Å². The van der Waals surface area contributed by atoms with Gasteiger partial charge in [0, 0.05) is 13.5 Å². The maximum Gasteiger partial charge on any atom is 0.185 e. The van der Waals surface area contributed by atoms with E-state index in [1.807, 2.05) is 13.1 Å². The van der Waals surface area contributed by atoms with E-state index in [0.717, 1.165) is 23.6 Å². The van der Waals surface area contributed by atoms with Gasteiger partial charge in [-0.05, 0) is 30.2 Å². The van der Waals surface area contributed by atoms with Gasteiger partial charge in [0.05, 0.1) is 12.7 Å². The van der Waals surface area contributed by atoms with Crippen LogP contribution in [-0.2, 0) is 13.5 Å². The first-order valence-corrected chi connectivity index (χ1v) is 6.85. The highest BCUT2D eigenvalue weighted by molar-refractivity contribution is 5.65. The summed E-state index contributed by atoms with van der Waals surface area (Å²) in [5.41, 5.74) is 7.73. The van der Waals surface area contributed by atoms with Crippen LogP contribution in [0.2, 0.25) is 0 Å². The number of nitrogens with zero attached hydrogens (tertiary/aromatic N) is 3. The van der Waals surface area contributed by atoms with Crippen LogP contribution >= 0.6 is 0 Å². The first-order chi connectivity index (χ1) is 9.56. The van der Waals surface area contributed by atoms with Gasteiger partial charge in [-0.2, -0.15) is 5.10 Å². The van der Waals surface area contributed by atoms with Crippen molar-refractivity contribution in [2.75, 3.05) is 13.7 Å².